The molecule has 3 amide bonds. The Labute approximate surface area is 169 Å². The number of terminal acetylenes is 1. The van der Waals surface area contributed by atoms with E-state index in [1.165, 1.54) is 0 Å². The molecule has 2 aromatic rings. The summed E-state index contributed by atoms with van der Waals surface area (Å²) in [4.78, 5) is 31.3. The second-order valence-corrected chi connectivity index (χ2v) is 7.10. The Hall–Kier alpha value is -3.37. The van der Waals surface area contributed by atoms with Crippen molar-refractivity contribution in [2.45, 2.75) is 31.9 Å². The molecule has 3 heterocycles. The van der Waals surface area contributed by atoms with Crippen molar-refractivity contribution in [3.05, 3.63) is 53.2 Å². The van der Waals surface area contributed by atoms with Gasteiger partial charge in [-0.05, 0) is 49.1 Å². The van der Waals surface area contributed by atoms with Gasteiger partial charge in [-0.1, -0.05) is 12.0 Å². The number of aromatic nitrogens is 1. The standard InChI is InChI=1S/C22H22N4O3/c1-2-12-29-14-15-9-10-23-19(13-15)25-22(28)24-17-7-5-6-16-20(17)18-8-3-4-11-26(18)21(16)27/h1,5-7,9-10,13,18H,3-4,8,11-12,14H2,(H2,23,24,25,28). The number of fused-ring (bicyclic) bond motifs is 3. The van der Waals surface area contributed by atoms with E-state index in [0.717, 1.165) is 36.9 Å². The van der Waals surface area contributed by atoms with E-state index < -0.39 is 6.03 Å². The maximum Gasteiger partial charge on any atom is 0.324 e. The molecule has 7 nitrogen and oxygen atoms in total. The highest BCUT2D eigenvalue weighted by molar-refractivity contribution is 6.05. The molecule has 29 heavy (non-hydrogen) atoms. The van der Waals surface area contributed by atoms with E-state index in [2.05, 4.69) is 21.5 Å². The Kier molecular flexibility index (Phi) is 5.45. The number of pyridine rings is 1. The summed E-state index contributed by atoms with van der Waals surface area (Å²) in [6.45, 7) is 1.33. The molecular weight excluding hydrogens is 368 g/mol. The number of urea groups is 1. The van der Waals surface area contributed by atoms with Crippen LogP contribution >= 0.6 is 0 Å². The second-order valence-electron chi connectivity index (χ2n) is 7.10. The molecule has 148 valence electrons. The van der Waals surface area contributed by atoms with Crippen molar-refractivity contribution in [3.63, 3.8) is 0 Å². The number of carbonyl (C=O) groups is 2. The molecule has 4 rings (SSSR count). The van der Waals surface area contributed by atoms with Gasteiger partial charge >= 0.3 is 6.03 Å². The van der Waals surface area contributed by atoms with E-state index in [0.29, 0.717) is 23.7 Å². The number of amides is 3. The van der Waals surface area contributed by atoms with Gasteiger partial charge in [0.05, 0.1) is 12.6 Å². The van der Waals surface area contributed by atoms with Crippen molar-refractivity contribution >= 4 is 23.4 Å². The van der Waals surface area contributed by atoms with Crippen LogP contribution in [0.3, 0.4) is 0 Å². The Morgan fingerprint density at radius 1 is 1.31 bits per heavy atom. The summed E-state index contributed by atoms with van der Waals surface area (Å²) in [5.41, 5.74) is 3.11. The fourth-order valence-electron chi connectivity index (χ4n) is 3.98. The van der Waals surface area contributed by atoms with E-state index in [9.17, 15) is 9.59 Å². The van der Waals surface area contributed by atoms with Gasteiger partial charge in [-0.2, -0.15) is 0 Å². The third-order valence-corrected chi connectivity index (χ3v) is 5.20. The largest absolute Gasteiger partial charge is 0.364 e. The van der Waals surface area contributed by atoms with Gasteiger partial charge in [0, 0.05) is 29.6 Å². The van der Waals surface area contributed by atoms with Crippen molar-refractivity contribution in [2.75, 3.05) is 23.8 Å². The first kappa shape index (κ1) is 19.0. The van der Waals surface area contributed by atoms with Crippen LogP contribution < -0.4 is 10.6 Å². The molecule has 0 aliphatic carbocycles. The highest BCUT2D eigenvalue weighted by Gasteiger charge is 2.39. The van der Waals surface area contributed by atoms with Gasteiger partial charge in [0.15, 0.2) is 0 Å². The van der Waals surface area contributed by atoms with Crippen molar-refractivity contribution in [2.24, 2.45) is 0 Å². The van der Waals surface area contributed by atoms with Crippen LogP contribution in [0.25, 0.3) is 0 Å². The van der Waals surface area contributed by atoms with Crippen molar-refractivity contribution in [1.82, 2.24) is 9.88 Å². The zero-order valence-corrected chi connectivity index (χ0v) is 16.0. The number of nitrogens with zero attached hydrogens (tertiary/aromatic N) is 2. The van der Waals surface area contributed by atoms with Crippen LogP contribution in [0, 0.1) is 12.3 Å². The molecule has 1 atom stereocenters. The van der Waals surface area contributed by atoms with Gasteiger partial charge in [-0.25, -0.2) is 9.78 Å². The van der Waals surface area contributed by atoms with E-state index >= 15 is 0 Å². The molecule has 0 saturated carbocycles. The fraction of sp³-hybridized carbons (Fsp3) is 0.318. The quantitative estimate of drug-likeness (QED) is 0.604. The molecule has 1 aromatic carbocycles. The number of benzene rings is 1. The second kappa shape index (κ2) is 8.33. The van der Waals surface area contributed by atoms with Crippen LogP contribution in [-0.4, -0.2) is 35.0 Å². The van der Waals surface area contributed by atoms with Gasteiger partial charge in [-0.15, -0.1) is 6.42 Å². The van der Waals surface area contributed by atoms with Crippen molar-refractivity contribution in [3.8, 4) is 12.3 Å². The number of piperidine rings is 1. The summed E-state index contributed by atoms with van der Waals surface area (Å²) in [7, 11) is 0. The van der Waals surface area contributed by atoms with Gasteiger partial charge in [-0.3, -0.25) is 10.1 Å². The lowest BCUT2D eigenvalue weighted by Gasteiger charge is -2.30. The molecule has 2 aliphatic rings. The van der Waals surface area contributed by atoms with Crippen molar-refractivity contribution in [1.29, 1.82) is 0 Å². The number of carbonyl (C=O) groups excluding carboxylic acids is 2. The summed E-state index contributed by atoms with van der Waals surface area (Å²) in [6, 6.07) is 8.63. The number of anilines is 2. The summed E-state index contributed by atoms with van der Waals surface area (Å²) in [5.74, 6) is 2.87. The third-order valence-electron chi connectivity index (χ3n) is 5.20. The molecule has 7 heteroatoms. The molecule has 0 spiro atoms. The number of rotatable bonds is 5. The summed E-state index contributed by atoms with van der Waals surface area (Å²) in [6.07, 6.45) is 9.79. The molecule has 1 saturated heterocycles. The predicted octanol–water partition coefficient (Wildman–Crippen LogP) is 3.56. The Morgan fingerprint density at radius 2 is 2.21 bits per heavy atom. The van der Waals surface area contributed by atoms with Gasteiger partial charge in [0.1, 0.15) is 12.4 Å². The molecule has 2 N–H and O–H groups in total. The number of hydrogen-bond acceptors (Lipinski definition) is 4. The highest BCUT2D eigenvalue weighted by Crippen LogP contribution is 2.43. The molecule has 1 fully saturated rings. The summed E-state index contributed by atoms with van der Waals surface area (Å²) in [5, 5.41) is 5.63. The molecule has 1 unspecified atom stereocenters. The molecule has 1 aromatic heterocycles. The third kappa shape index (κ3) is 3.93. The van der Waals surface area contributed by atoms with Gasteiger partial charge in [0.2, 0.25) is 0 Å². The Bertz CT molecular complexity index is 982. The first-order valence-corrected chi connectivity index (χ1v) is 9.65. The molecule has 0 bridgehead atoms. The lowest BCUT2D eigenvalue weighted by Crippen LogP contribution is -2.32. The minimum atomic E-state index is -0.408. The highest BCUT2D eigenvalue weighted by atomic mass is 16.5. The minimum Gasteiger partial charge on any atom is -0.364 e. The maximum absolute atomic E-state index is 12.7. The van der Waals surface area contributed by atoms with Crippen LogP contribution in [0.15, 0.2) is 36.5 Å². The smallest absolute Gasteiger partial charge is 0.324 e. The number of nitrogens with one attached hydrogen (secondary N) is 2. The number of hydrogen-bond donors (Lipinski definition) is 2. The van der Waals surface area contributed by atoms with Gasteiger partial charge < -0.3 is 15.0 Å². The SMILES string of the molecule is C#CCOCc1ccnc(NC(=O)Nc2cccc3c2C2CCCCN2C3=O)c1. The average Bonchev–Trinajstić information content (AvgIpc) is 3.02. The summed E-state index contributed by atoms with van der Waals surface area (Å²) < 4.78 is 5.31. The molecule has 2 aliphatic heterocycles. The van der Waals surface area contributed by atoms with E-state index in [4.69, 9.17) is 11.2 Å². The first-order valence-electron chi connectivity index (χ1n) is 9.65. The normalized spacial score (nSPS) is 17.3. The van der Waals surface area contributed by atoms with E-state index in [-0.39, 0.29) is 18.6 Å². The van der Waals surface area contributed by atoms with Crippen molar-refractivity contribution < 1.29 is 14.3 Å². The van der Waals surface area contributed by atoms with Gasteiger partial charge in [0.25, 0.3) is 5.91 Å². The molecular formula is C22H22N4O3. The zero-order valence-electron chi connectivity index (χ0n) is 16.0. The lowest BCUT2D eigenvalue weighted by atomic mass is 9.96. The van der Waals surface area contributed by atoms with Crippen LogP contribution in [0.5, 0.6) is 0 Å². The van der Waals surface area contributed by atoms with Crippen LogP contribution in [-0.2, 0) is 11.3 Å². The number of ether oxygens (including phenoxy) is 1. The minimum absolute atomic E-state index is 0.0394. The van der Waals surface area contributed by atoms with Crippen LogP contribution in [0.1, 0.15) is 46.8 Å². The maximum atomic E-state index is 12.7. The fourth-order valence-corrected chi connectivity index (χ4v) is 3.98. The Morgan fingerprint density at radius 3 is 3.07 bits per heavy atom. The molecule has 0 radical (unpaired) electrons. The van der Waals surface area contributed by atoms with E-state index in [1.54, 1.807) is 24.4 Å². The lowest BCUT2D eigenvalue weighted by molar-refractivity contribution is 0.0672. The Balaban J connectivity index is 1.47. The average molecular weight is 390 g/mol. The topological polar surface area (TPSA) is 83.6 Å². The summed E-state index contributed by atoms with van der Waals surface area (Å²) >= 11 is 0. The van der Waals surface area contributed by atoms with Crippen LogP contribution in [0.4, 0.5) is 16.3 Å². The first-order chi connectivity index (χ1) is 14.2. The monoisotopic (exact) mass is 390 g/mol. The predicted molar refractivity (Wildman–Crippen MR) is 109 cm³/mol. The van der Waals surface area contributed by atoms with E-state index in [1.807, 2.05) is 17.0 Å². The zero-order chi connectivity index (χ0) is 20.2. The van der Waals surface area contributed by atoms with Crippen LogP contribution in [0.2, 0.25) is 0 Å².